The molecule has 0 bridgehead atoms. The third-order valence-corrected chi connectivity index (χ3v) is 1.71. The molecule has 1 heterocycles. The number of rotatable bonds is 3. The molecule has 0 atom stereocenters. The first-order valence-electron chi connectivity index (χ1n) is 4.60. The van der Waals surface area contributed by atoms with Gasteiger partial charge >= 0.3 is 6.18 Å². The van der Waals surface area contributed by atoms with Gasteiger partial charge in [-0.05, 0) is 18.6 Å². The Hall–Kier alpha value is -1.77. The van der Waals surface area contributed by atoms with Gasteiger partial charge in [-0.25, -0.2) is 4.98 Å². The molecule has 0 fully saturated rings. The van der Waals surface area contributed by atoms with Crippen molar-refractivity contribution in [3.63, 3.8) is 0 Å². The molecule has 0 unspecified atom stereocenters. The average Bonchev–Trinajstić information content (AvgIpc) is 2.24. The highest BCUT2D eigenvalue weighted by Crippen LogP contribution is 2.29. The average molecular weight is 230 g/mol. The predicted molar refractivity (Wildman–Crippen MR) is 49.7 cm³/mol. The number of pyridine rings is 1. The molecule has 0 aromatic carbocycles. The minimum Gasteiger partial charge on any atom is -0.477 e. The number of halogens is 3. The van der Waals surface area contributed by atoms with E-state index in [1.165, 1.54) is 0 Å². The second kappa shape index (κ2) is 4.84. The number of ether oxygens (including phenoxy) is 1. The molecule has 0 aliphatic heterocycles. The van der Waals surface area contributed by atoms with E-state index >= 15 is 0 Å². The van der Waals surface area contributed by atoms with Crippen LogP contribution in [0.3, 0.4) is 0 Å². The fourth-order valence-corrected chi connectivity index (χ4v) is 0.992. The van der Waals surface area contributed by atoms with Crippen LogP contribution in [-0.4, -0.2) is 11.6 Å². The van der Waals surface area contributed by atoms with Crippen molar-refractivity contribution in [3.05, 3.63) is 23.4 Å². The van der Waals surface area contributed by atoms with E-state index in [0.29, 0.717) is 6.42 Å². The lowest BCUT2D eigenvalue weighted by atomic mass is 10.2. The lowest BCUT2D eigenvalue weighted by molar-refractivity contribution is -0.141. The summed E-state index contributed by atoms with van der Waals surface area (Å²) in [5.74, 6) is -0.265. The zero-order valence-electron chi connectivity index (χ0n) is 8.51. The molecule has 0 N–H and O–H groups in total. The van der Waals surface area contributed by atoms with Gasteiger partial charge < -0.3 is 4.74 Å². The van der Waals surface area contributed by atoms with Crippen molar-refractivity contribution in [2.45, 2.75) is 19.5 Å². The minimum absolute atomic E-state index is 0.00134. The molecule has 6 heteroatoms. The lowest BCUT2D eigenvalue weighted by Gasteiger charge is -2.09. The number of aromatic nitrogens is 1. The number of hydrogen-bond acceptors (Lipinski definition) is 3. The van der Waals surface area contributed by atoms with Crippen LogP contribution >= 0.6 is 0 Å². The first-order valence-corrected chi connectivity index (χ1v) is 4.60. The summed E-state index contributed by atoms with van der Waals surface area (Å²) in [6, 6.07) is 3.55. The first kappa shape index (κ1) is 12.3. The van der Waals surface area contributed by atoms with Crippen molar-refractivity contribution < 1.29 is 17.9 Å². The van der Waals surface area contributed by atoms with Gasteiger partial charge in [0.1, 0.15) is 17.3 Å². The SMILES string of the molecule is CCCOc1nc(C(F)(F)F)ccc1C#N. The summed E-state index contributed by atoms with van der Waals surface area (Å²) in [5.41, 5.74) is -1.06. The Balaban J connectivity index is 3.07. The quantitative estimate of drug-likeness (QED) is 0.802. The maximum Gasteiger partial charge on any atom is 0.433 e. The zero-order chi connectivity index (χ0) is 12.2. The minimum atomic E-state index is -4.53. The van der Waals surface area contributed by atoms with Crippen LogP contribution < -0.4 is 4.74 Å². The molecule has 0 aliphatic carbocycles. The van der Waals surface area contributed by atoms with Crippen LogP contribution in [0.4, 0.5) is 13.2 Å². The van der Waals surface area contributed by atoms with E-state index in [1.807, 2.05) is 0 Å². The van der Waals surface area contributed by atoms with E-state index in [-0.39, 0.29) is 18.1 Å². The first-order chi connectivity index (χ1) is 7.49. The van der Waals surface area contributed by atoms with Crippen LogP contribution in [-0.2, 0) is 6.18 Å². The summed E-state index contributed by atoms with van der Waals surface area (Å²) in [7, 11) is 0. The van der Waals surface area contributed by atoms with Crippen molar-refractivity contribution in [3.8, 4) is 11.9 Å². The van der Waals surface area contributed by atoms with Crippen molar-refractivity contribution >= 4 is 0 Å². The molecule has 86 valence electrons. The van der Waals surface area contributed by atoms with Crippen LogP contribution in [0.1, 0.15) is 24.6 Å². The molecular formula is C10H9F3N2O. The van der Waals surface area contributed by atoms with Crippen LogP contribution in [0.2, 0.25) is 0 Å². The van der Waals surface area contributed by atoms with E-state index in [1.54, 1.807) is 13.0 Å². The van der Waals surface area contributed by atoms with E-state index < -0.39 is 11.9 Å². The van der Waals surface area contributed by atoms with Crippen molar-refractivity contribution in [1.82, 2.24) is 4.98 Å². The summed E-state index contributed by atoms with van der Waals surface area (Å²) in [6.45, 7) is 2.03. The fraction of sp³-hybridized carbons (Fsp3) is 0.400. The molecule has 0 amide bonds. The largest absolute Gasteiger partial charge is 0.477 e. The monoisotopic (exact) mass is 230 g/mol. The van der Waals surface area contributed by atoms with Crippen molar-refractivity contribution in [2.24, 2.45) is 0 Å². The molecular weight excluding hydrogens is 221 g/mol. The van der Waals surface area contributed by atoms with E-state index in [2.05, 4.69) is 4.98 Å². The number of nitriles is 1. The molecule has 0 spiro atoms. The Morgan fingerprint density at radius 2 is 2.12 bits per heavy atom. The topological polar surface area (TPSA) is 45.9 Å². The second-order valence-electron chi connectivity index (χ2n) is 3.01. The van der Waals surface area contributed by atoms with Crippen LogP contribution in [0.5, 0.6) is 5.88 Å². The Labute approximate surface area is 90.5 Å². The van der Waals surface area contributed by atoms with E-state index in [4.69, 9.17) is 10.00 Å². The number of alkyl halides is 3. The zero-order valence-corrected chi connectivity index (χ0v) is 8.51. The maximum atomic E-state index is 12.3. The van der Waals surface area contributed by atoms with E-state index in [9.17, 15) is 13.2 Å². The summed E-state index contributed by atoms with van der Waals surface area (Å²) in [5, 5.41) is 8.66. The van der Waals surface area contributed by atoms with Gasteiger partial charge in [-0.3, -0.25) is 0 Å². The summed E-state index contributed by atoms with van der Waals surface area (Å²) >= 11 is 0. The standard InChI is InChI=1S/C10H9F3N2O/c1-2-5-16-9-7(6-14)3-4-8(15-9)10(11,12)13/h3-4H,2,5H2,1H3. The van der Waals surface area contributed by atoms with Crippen molar-refractivity contribution in [2.75, 3.05) is 6.61 Å². The molecule has 0 aliphatic rings. The van der Waals surface area contributed by atoms with Crippen LogP contribution in [0.25, 0.3) is 0 Å². The van der Waals surface area contributed by atoms with Gasteiger partial charge in [0.05, 0.1) is 6.61 Å². The van der Waals surface area contributed by atoms with Gasteiger partial charge in [-0.1, -0.05) is 6.92 Å². The number of nitrogens with zero attached hydrogens (tertiary/aromatic N) is 2. The third-order valence-electron chi connectivity index (χ3n) is 1.71. The lowest BCUT2D eigenvalue weighted by Crippen LogP contribution is -2.10. The normalized spacial score (nSPS) is 10.9. The van der Waals surface area contributed by atoms with Gasteiger partial charge in [0, 0.05) is 0 Å². The molecule has 3 nitrogen and oxygen atoms in total. The smallest absolute Gasteiger partial charge is 0.433 e. The molecule has 1 rings (SSSR count). The van der Waals surface area contributed by atoms with Gasteiger partial charge in [0.2, 0.25) is 5.88 Å². The molecule has 0 saturated heterocycles. The maximum absolute atomic E-state index is 12.3. The second-order valence-corrected chi connectivity index (χ2v) is 3.01. The summed E-state index contributed by atoms with van der Waals surface area (Å²) in [4.78, 5) is 3.28. The number of hydrogen-bond donors (Lipinski definition) is 0. The highest BCUT2D eigenvalue weighted by atomic mass is 19.4. The van der Waals surface area contributed by atoms with E-state index in [0.717, 1.165) is 12.1 Å². The molecule has 1 aromatic heterocycles. The van der Waals surface area contributed by atoms with Gasteiger partial charge in [0.25, 0.3) is 0 Å². The van der Waals surface area contributed by atoms with Crippen LogP contribution in [0.15, 0.2) is 12.1 Å². The van der Waals surface area contributed by atoms with Gasteiger partial charge in [-0.15, -0.1) is 0 Å². The summed E-state index contributed by atoms with van der Waals surface area (Å²) < 4.78 is 42.0. The Morgan fingerprint density at radius 3 is 2.62 bits per heavy atom. The molecule has 0 saturated carbocycles. The van der Waals surface area contributed by atoms with Gasteiger partial charge in [-0.2, -0.15) is 18.4 Å². The molecule has 1 aromatic rings. The molecule has 16 heavy (non-hydrogen) atoms. The predicted octanol–water partition coefficient (Wildman–Crippen LogP) is 2.76. The van der Waals surface area contributed by atoms with Crippen LogP contribution in [0, 0.1) is 11.3 Å². The van der Waals surface area contributed by atoms with Gasteiger partial charge in [0.15, 0.2) is 0 Å². The Morgan fingerprint density at radius 1 is 1.44 bits per heavy atom. The summed E-state index contributed by atoms with van der Waals surface area (Å²) in [6.07, 6.45) is -3.90. The highest BCUT2D eigenvalue weighted by Gasteiger charge is 2.33. The Kier molecular flexibility index (Phi) is 3.72. The fourth-order valence-electron chi connectivity index (χ4n) is 0.992. The Bertz CT molecular complexity index is 410. The highest BCUT2D eigenvalue weighted by molar-refractivity contribution is 5.39. The molecule has 0 radical (unpaired) electrons. The van der Waals surface area contributed by atoms with Crippen molar-refractivity contribution in [1.29, 1.82) is 5.26 Å². The third kappa shape index (κ3) is 2.86.